The lowest BCUT2D eigenvalue weighted by Gasteiger charge is -2.14. The number of phenolic OH excluding ortho intramolecular Hbond substituents is 5. The molecule has 0 radical (unpaired) electrons. The van der Waals surface area contributed by atoms with Crippen molar-refractivity contribution in [3.8, 4) is 28.7 Å². The van der Waals surface area contributed by atoms with Gasteiger partial charge in [-0.05, 0) is 34.9 Å². The van der Waals surface area contributed by atoms with Crippen LogP contribution >= 0.6 is 11.6 Å². The van der Waals surface area contributed by atoms with Crippen LogP contribution in [0.25, 0.3) is 0 Å². The second kappa shape index (κ2) is 7.06. The summed E-state index contributed by atoms with van der Waals surface area (Å²) in [6, 6.07) is 11.8. The van der Waals surface area contributed by atoms with Crippen LogP contribution in [0.3, 0.4) is 0 Å². The maximum Gasteiger partial charge on any atom is 0.124 e. The molecule has 3 rings (SSSR count). The van der Waals surface area contributed by atoms with Gasteiger partial charge in [0.15, 0.2) is 0 Å². The van der Waals surface area contributed by atoms with Crippen molar-refractivity contribution in [3.63, 3.8) is 0 Å². The van der Waals surface area contributed by atoms with Gasteiger partial charge in [0.25, 0.3) is 0 Å². The fraction of sp³-hybridized carbons (Fsp3) is 0.100. The zero-order valence-corrected chi connectivity index (χ0v) is 14.4. The Bertz CT molecular complexity index is 969. The predicted octanol–water partition coefficient (Wildman–Crippen LogP) is 4.05. The Morgan fingerprint density at radius 1 is 0.615 bits per heavy atom. The molecule has 0 bridgehead atoms. The predicted molar refractivity (Wildman–Crippen MR) is 98.3 cm³/mol. The summed E-state index contributed by atoms with van der Waals surface area (Å²) in [6.07, 6.45) is 0.413. The highest BCUT2D eigenvalue weighted by molar-refractivity contribution is 6.31. The van der Waals surface area contributed by atoms with E-state index in [4.69, 9.17) is 11.6 Å². The van der Waals surface area contributed by atoms with E-state index in [9.17, 15) is 25.5 Å². The zero-order valence-electron chi connectivity index (χ0n) is 13.6. The molecule has 0 aliphatic rings. The SMILES string of the molecule is Oc1ccc(Cc2ccc(Cl)c(Cc3ccc(O)cc3O)c2O)c(O)c1. The standard InChI is InChI=1S/C20H17ClO5/c21-17-6-3-13(7-11-1-4-14(22)9-18(11)24)20(26)16(17)8-12-2-5-15(23)10-19(12)25/h1-6,9-10,22-26H,7-8H2. The molecule has 0 spiro atoms. The van der Waals surface area contributed by atoms with E-state index in [0.29, 0.717) is 27.3 Å². The second-order valence-electron chi connectivity index (χ2n) is 6.01. The van der Waals surface area contributed by atoms with Gasteiger partial charge in [-0.1, -0.05) is 29.8 Å². The topological polar surface area (TPSA) is 101 Å². The molecule has 0 saturated heterocycles. The van der Waals surface area contributed by atoms with E-state index < -0.39 is 0 Å². The van der Waals surface area contributed by atoms with Crippen molar-refractivity contribution in [2.75, 3.05) is 0 Å². The van der Waals surface area contributed by atoms with Crippen LogP contribution in [0.15, 0.2) is 48.5 Å². The number of hydrogen-bond acceptors (Lipinski definition) is 5. The van der Waals surface area contributed by atoms with Crippen LogP contribution in [-0.2, 0) is 12.8 Å². The van der Waals surface area contributed by atoms with Gasteiger partial charge in [0.1, 0.15) is 28.7 Å². The highest BCUT2D eigenvalue weighted by atomic mass is 35.5. The molecule has 0 fully saturated rings. The Hall–Kier alpha value is -3.05. The van der Waals surface area contributed by atoms with Crippen LogP contribution in [-0.4, -0.2) is 25.5 Å². The Balaban J connectivity index is 1.95. The van der Waals surface area contributed by atoms with Gasteiger partial charge < -0.3 is 25.5 Å². The van der Waals surface area contributed by atoms with Gasteiger partial charge in [-0.25, -0.2) is 0 Å². The third kappa shape index (κ3) is 3.63. The van der Waals surface area contributed by atoms with E-state index in [0.717, 1.165) is 0 Å². The fourth-order valence-electron chi connectivity index (χ4n) is 2.77. The van der Waals surface area contributed by atoms with Crippen LogP contribution < -0.4 is 0 Å². The molecular formula is C20H17ClO5. The van der Waals surface area contributed by atoms with E-state index in [-0.39, 0.29) is 41.6 Å². The molecule has 0 aliphatic heterocycles. The summed E-state index contributed by atoms with van der Waals surface area (Å²) in [6.45, 7) is 0. The van der Waals surface area contributed by atoms with E-state index >= 15 is 0 Å². The van der Waals surface area contributed by atoms with Crippen molar-refractivity contribution >= 4 is 11.6 Å². The molecule has 134 valence electrons. The molecule has 0 amide bonds. The maximum atomic E-state index is 10.6. The molecule has 3 aromatic rings. The lowest BCUT2D eigenvalue weighted by molar-refractivity contribution is 0.445. The van der Waals surface area contributed by atoms with Crippen molar-refractivity contribution < 1.29 is 25.5 Å². The van der Waals surface area contributed by atoms with Crippen molar-refractivity contribution in [3.05, 3.63) is 75.8 Å². The Morgan fingerprint density at radius 2 is 1.12 bits per heavy atom. The minimum Gasteiger partial charge on any atom is -0.508 e. The monoisotopic (exact) mass is 372 g/mol. The number of phenols is 5. The Kier molecular flexibility index (Phi) is 4.82. The first-order chi connectivity index (χ1) is 12.3. The first-order valence-electron chi connectivity index (χ1n) is 7.86. The molecule has 3 aromatic carbocycles. The van der Waals surface area contributed by atoms with Crippen molar-refractivity contribution in [1.82, 2.24) is 0 Å². The molecule has 6 heteroatoms. The molecule has 5 N–H and O–H groups in total. The molecule has 0 saturated carbocycles. The molecule has 0 atom stereocenters. The van der Waals surface area contributed by atoms with Gasteiger partial charge in [0, 0.05) is 35.6 Å². The quantitative estimate of drug-likeness (QED) is 0.475. The lowest BCUT2D eigenvalue weighted by atomic mass is 9.96. The van der Waals surface area contributed by atoms with Gasteiger partial charge >= 0.3 is 0 Å². The van der Waals surface area contributed by atoms with Crippen LogP contribution in [0.4, 0.5) is 0 Å². The van der Waals surface area contributed by atoms with Crippen molar-refractivity contribution in [1.29, 1.82) is 0 Å². The van der Waals surface area contributed by atoms with E-state index in [1.54, 1.807) is 24.3 Å². The molecule has 5 nitrogen and oxygen atoms in total. The van der Waals surface area contributed by atoms with Gasteiger partial charge in [-0.3, -0.25) is 0 Å². The second-order valence-corrected chi connectivity index (χ2v) is 6.42. The van der Waals surface area contributed by atoms with Crippen LogP contribution in [0.2, 0.25) is 5.02 Å². The average Bonchev–Trinajstić information content (AvgIpc) is 2.58. The summed E-state index contributed by atoms with van der Waals surface area (Å²) in [5, 5.41) is 49.6. The van der Waals surface area contributed by atoms with E-state index in [1.165, 1.54) is 24.3 Å². The van der Waals surface area contributed by atoms with Gasteiger partial charge in [0.2, 0.25) is 0 Å². The first-order valence-corrected chi connectivity index (χ1v) is 8.24. The maximum absolute atomic E-state index is 10.6. The molecule has 0 unspecified atom stereocenters. The average molecular weight is 373 g/mol. The number of halogens is 1. The fourth-order valence-corrected chi connectivity index (χ4v) is 2.99. The highest BCUT2D eigenvalue weighted by Gasteiger charge is 2.16. The number of benzene rings is 3. The summed E-state index contributed by atoms with van der Waals surface area (Å²) in [7, 11) is 0. The van der Waals surface area contributed by atoms with Crippen molar-refractivity contribution in [2.24, 2.45) is 0 Å². The van der Waals surface area contributed by atoms with Crippen LogP contribution in [0, 0.1) is 0 Å². The van der Waals surface area contributed by atoms with Gasteiger partial charge in [-0.15, -0.1) is 0 Å². The molecule has 0 aliphatic carbocycles. The lowest BCUT2D eigenvalue weighted by Crippen LogP contribution is -1.96. The van der Waals surface area contributed by atoms with Crippen molar-refractivity contribution in [2.45, 2.75) is 12.8 Å². The van der Waals surface area contributed by atoms with Gasteiger partial charge in [-0.2, -0.15) is 0 Å². The summed E-state index contributed by atoms with van der Waals surface area (Å²) < 4.78 is 0. The summed E-state index contributed by atoms with van der Waals surface area (Å²) in [5.74, 6) is -0.301. The highest BCUT2D eigenvalue weighted by Crippen LogP contribution is 2.36. The normalized spacial score (nSPS) is 10.8. The smallest absolute Gasteiger partial charge is 0.124 e. The van der Waals surface area contributed by atoms with Gasteiger partial charge in [0.05, 0.1) is 0 Å². The van der Waals surface area contributed by atoms with E-state index in [1.807, 2.05) is 0 Å². The minimum atomic E-state index is -0.0953. The Morgan fingerprint density at radius 3 is 1.65 bits per heavy atom. The minimum absolute atomic E-state index is 0.0301. The first kappa shape index (κ1) is 17.8. The summed E-state index contributed by atoms with van der Waals surface area (Å²) in [4.78, 5) is 0. The third-order valence-corrected chi connectivity index (χ3v) is 4.55. The van der Waals surface area contributed by atoms with E-state index in [2.05, 4.69) is 0 Å². The third-order valence-electron chi connectivity index (χ3n) is 4.20. The molecule has 26 heavy (non-hydrogen) atoms. The number of aromatic hydroxyl groups is 5. The number of rotatable bonds is 4. The molecule has 0 heterocycles. The largest absolute Gasteiger partial charge is 0.508 e. The molecular weight excluding hydrogens is 356 g/mol. The zero-order chi connectivity index (χ0) is 18.8. The summed E-state index contributed by atoms with van der Waals surface area (Å²) >= 11 is 6.22. The number of hydrogen-bond donors (Lipinski definition) is 5. The van der Waals surface area contributed by atoms with Crippen LogP contribution in [0.5, 0.6) is 28.7 Å². The Labute approximate surface area is 155 Å². The van der Waals surface area contributed by atoms with Crippen LogP contribution in [0.1, 0.15) is 22.3 Å². The molecule has 0 aromatic heterocycles. The summed E-state index contributed by atoms with van der Waals surface area (Å²) in [5.41, 5.74) is 2.02.